The number of ketones is 1. The fourth-order valence-electron chi connectivity index (χ4n) is 2.78. The monoisotopic (exact) mass is 341 g/mol. The quantitative estimate of drug-likeness (QED) is 0.641. The van der Waals surface area contributed by atoms with Gasteiger partial charge in [-0.1, -0.05) is 59.3 Å². The summed E-state index contributed by atoms with van der Waals surface area (Å²) < 4.78 is 0.951. The first-order valence-corrected chi connectivity index (χ1v) is 7.86. The van der Waals surface area contributed by atoms with Crippen molar-refractivity contribution in [3.05, 3.63) is 70.3 Å². The lowest BCUT2D eigenvalue weighted by Crippen LogP contribution is -2.11. The van der Waals surface area contributed by atoms with E-state index < -0.39 is 0 Å². The van der Waals surface area contributed by atoms with Gasteiger partial charge in [0.05, 0.1) is 0 Å². The zero-order valence-corrected chi connectivity index (χ0v) is 13.4. The maximum absolute atomic E-state index is 13.0. The molecule has 3 heteroatoms. The summed E-state index contributed by atoms with van der Waals surface area (Å²) in [5.41, 5.74) is 2.82. The summed E-state index contributed by atoms with van der Waals surface area (Å²) in [6.45, 7) is 2.06. The minimum absolute atomic E-state index is 0.0997. The summed E-state index contributed by atoms with van der Waals surface area (Å²) in [6, 6.07) is 15.9. The number of aromatic amines is 1. The molecule has 0 aliphatic rings. The van der Waals surface area contributed by atoms with Crippen molar-refractivity contribution in [1.82, 2.24) is 4.98 Å². The van der Waals surface area contributed by atoms with Crippen molar-refractivity contribution < 1.29 is 4.79 Å². The Morgan fingerprint density at radius 1 is 1.14 bits per heavy atom. The van der Waals surface area contributed by atoms with E-state index in [1.54, 1.807) is 0 Å². The number of nitrogens with one attached hydrogen (secondary N) is 1. The van der Waals surface area contributed by atoms with Gasteiger partial charge in [0.15, 0.2) is 5.78 Å². The van der Waals surface area contributed by atoms with E-state index in [-0.39, 0.29) is 11.7 Å². The van der Waals surface area contributed by atoms with Gasteiger partial charge in [-0.25, -0.2) is 0 Å². The molecular formula is C18H16BrNO. The SMILES string of the molecule is CCC(C(=O)c1c[nH]c2cccc(Br)c12)c1ccccc1. The molecule has 0 aliphatic carbocycles. The van der Waals surface area contributed by atoms with E-state index >= 15 is 0 Å². The molecule has 0 saturated heterocycles. The topological polar surface area (TPSA) is 32.9 Å². The molecule has 0 spiro atoms. The van der Waals surface area contributed by atoms with Crippen LogP contribution in [0, 0.1) is 0 Å². The zero-order chi connectivity index (χ0) is 14.8. The second-order valence-corrected chi connectivity index (χ2v) is 5.95. The number of Topliss-reactive ketones (excluding diaryl/α,β-unsaturated/α-hetero) is 1. The molecule has 2 nitrogen and oxygen atoms in total. The lowest BCUT2D eigenvalue weighted by atomic mass is 9.88. The number of benzene rings is 2. The van der Waals surface area contributed by atoms with Crippen LogP contribution in [0.15, 0.2) is 59.2 Å². The van der Waals surface area contributed by atoms with Crippen LogP contribution in [-0.2, 0) is 0 Å². The number of rotatable bonds is 4. The smallest absolute Gasteiger partial charge is 0.172 e. The van der Waals surface area contributed by atoms with E-state index in [2.05, 4.69) is 27.8 Å². The van der Waals surface area contributed by atoms with Crippen molar-refractivity contribution in [3.8, 4) is 0 Å². The van der Waals surface area contributed by atoms with E-state index in [4.69, 9.17) is 0 Å². The summed E-state index contributed by atoms with van der Waals surface area (Å²) in [5.74, 6) is 0.0687. The Kier molecular flexibility index (Phi) is 3.93. The lowest BCUT2D eigenvalue weighted by molar-refractivity contribution is 0.0959. The van der Waals surface area contributed by atoms with E-state index in [9.17, 15) is 4.79 Å². The van der Waals surface area contributed by atoms with Crippen molar-refractivity contribution in [2.24, 2.45) is 0 Å². The highest BCUT2D eigenvalue weighted by molar-refractivity contribution is 9.10. The van der Waals surface area contributed by atoms with Crippen LogP contribution in [0.2, 0.25) is 0 Å². The van der Waals surface area contributed by atoms with Gasteiger partial charge in [0.25, 0.3) is 0 Å². The Morgan fingerprint density at radius 3 is 2.62 bits per heavy atom. The van der Waals surface area contributed by atoms with Crippen LogP contribution in [-0.4, -0.2) is 10.8 Å². The lowest BCUT2D eigenvalue weighted by Gasteiger charge is -2.14. The number of aromatic nitrogens is 1. The third kappa shape index (κ3) is 2.54. The summed E-state index contributed by atoms with van der Waals surface area (Å²) in [7, 11) is 0. The number of carbonyl (C=O) groups is 1. The van der Waals surface area contributed by atoms with Crippen molar-refractivity contribution in [2.45, 2.75) is 19.3 Å². The Labute approximate surface area is 132 Å². The zero-order valence-electron chi connectivity index (χ0n) is 11.8. The molecule has 0 radical (unpaired) electrons. The number of H-pyrrole nitrogens is 1. The summed E-state index contributed by atoms with van der Waals surface area (Å²) >= 11 is 3.55. The van der Waals surface area contributed by atoms with Crippen molar-refractivity contribution in [1.29, 1.82) is 0 Å². The van der Waals surface area contributed by atoms with Crippen LogP contribution in [0.5, 0.6) is 0 Å². The molecule has 1 heterocycles. The highest BCUT2D eigenvalue weighted by Crippen LogP contribution is 2.32. The van der Waals surface area contributed by atoms with Gasteiger partial charge in [0.2, 0.25) is 0 Å². The number of halogens is 1. The van der Waals surface area contributed by atoms with Crippen LogP contribution in [0.4, 0.5) is 0 Å². The van der Waals surface area contributed by atoms with Gasteiger partial charge in [-0.2, -0.15) is 0 Å². The van der Waals surface area contributed by atoms with Gasteiger partial charge < -0.3 is 4.98 Å². The standard InChI is InChI=1S/C18H16BrNO/c1-2-13(12-7-4-3-5-8-12)18(21)14-11-20-16-10-6-9-15(19)17(14)16/h3-11,13,20H,2H2,1H3. The van der Waals surface area contributed by atoms with Gasteiger partial charge in [-0.05, 0) is 24.1 Å². The Hall–Kier alpha value is -1.87. The van der Waals surface area contributed by atoms with E-state index in [1.807, 2.05) is 54.7 Å². The Bertz CT molecular complexity index is 776. The first-order valence-electron chi connectivity index (χ1n) is 7.07. The average molecular weight is 342 g/mol. The molecule has 2 aromatic carbocycles. The third-order valence-electron chi connectivity index (χ3n) is 3.85. The molecule has 21 heavy (non-hydrogen) atoms. The first kappa shape index (κ1) is 14.1. The van der Waals surface area contributed by atoms with Crippen LogP contribution in [0.3, 0.4) is 0 Å². The fraction of sp³-hybridized carbons (Fsp3) is 0.167. The molecule has 0 fully saturated rings. The second-order valence-electron chi connectivity index (χ2n) is 5.10. The minimum Gasteiger partial charge on any atom is -0.360 e. The molecule has 1 aromatic heterocycles. The molecule has 3 aromatic rings. The van der Waals surface area contributed by atoms with E-state index in [0.29, 0.717) is 0 Å². The number of hydrogen-bond donors (Lipinski definition) is 1. The predicted molar refractivity (Wildman–Crippen MR) is 89.8 cm³/mol. The van der Waals surface area contributed by atoms with Crippen LogP contribution >= 0.6 is 15.9 Å². The second kappa shape index (κ2) is 5.86. The maximum atomic E-state index is 13.0. The average Bonchev–Trinajstić information content (AvgIpc) is 2.94. The third-order valence-corrected chi connectivity index (χ3v) is 4.51. The Balaban J connectivity index is 2.07. The van der Waals surface area contributed by atoms with Crippen molar-refractivity contribution in [2.75, 3.05) is 0 Å². The van der Waals surface area contributed by atoms with Crippen molar-refractivity contribution >= 4 is 32.6 Å². The summed E-state index contributed by atoms with van der Waals surface area (Å²) in [6.07, 6.45) is 2.61. The fourth-order valence-corrected chi connectivity index (χ4v) is 3.36. The van der Waals surface area contributed by atoms with E-state index in [1.165, 1.54) is 0 Å². The number of carbonyl (C=O) groups excluding carboxylic acids is 1. The molecule has 1 unspecified atom stereocenters. The molecule has 0 aliphatic heterocycles. The molecular weight excluding hydrogens is 326 g/mol. The summed E-state index contributed by atoms with van der Waals surface area (Å²) in [4.78, 5) is 16.2. The maximum Gasteiger partial charge on any atom is 0.172 e. The van der Waals surface area contributed by atoms with Crippen LogP contribution < -0.4 is 0 Å². The molecule has 3 rings (SSSR count). The first-order chi connectivity index (χ1) is 10.2. The van der Waals surface area contributed by atoms with Gasteiger partial charge in [0.1, 0.15) is 0 Å². The molecule has 1 atom stereocenters. The highest BCUT2D eigenvalue weighted by Gasteiger charge is 2.23. The highest BCUT2D eigenvalue weighted by atomic mass is 79.9. The van der Waals surface area contributed by atoms with Gasteiger partial charge in [-0.3, -0.25) is 4.79 Å². The largest absolute Gasteiger partial charge is 0.360 e. The molecule has 0 amide bonds. The predicted octanol–water partition coefficient (Wildman–Crippen LogP) is 5.31. The molecule has 1 N–H and O–H groups in total. The van der Waals surface area contributed by atoms with Gasteiger partial charge >= 0.3 is 0 Å². The molecule has 106 valence electrons. The van der Waals surface area contributed by atoms with Gasteiger partial charge in [-0.15, -0.1) is 0 Å². The number of hydrogen-bond acceptors (Lipinski definition) is 1. The summed E-state index contributed by atoms with van der Waals surface area (Å²) in [5, 5.41) is 0.969. The van der Waals surface area contributed by atoms with Gasteiger partial charge in [0, 0.05) is 33.1 Å². The minimum atomic E-state index is -0.0997. The molecule has 0 saturated carbocycles. The van der Waals surface area contributed by atoms with Crippen LogP contribution in [0.25, 0.3) is 10.9 Å². The van der Waals surface area contributed by atoms with E-state index in [0.717, 1.165) is 32.9 Å². The Morgan fingerprint density at radius 2 is 1.90 bits per heavy atom. The van der Waals surface area contributed by atoms with Crippen LogP contribution in [0.1, 0.15) is 35.2 Å². The number of fused-ring (bicyclic) bond motifs is 1. The van der Waals surface area contributed by atoms with Crippen molar-refractivity contribution in [3.63, 3.8) is 0 Å². The molecule has 0 bridgehead atoms. The normalized spacial score (nSPS) is 12.5.